The lowest BCUT2D eigenvalue weighted by Gasteiger charge is -2.12. The molecule has 0 saturated carbocycles. The summed E-state index contributed by atoms with van der Waals surface area (Å²) in [6.07, 6.45) is 0.878. The van der Waals surface area contributed by atoms with E-state index in [-0.39, 0.29) is 17.5 Å². The Bertz CT molecular complexity index is 417. The number of nitrogens with one attached hydrogen (secondary N) is 2. The van der Waals surface area contributed by atoms with Crippen molar-refractivity contribution in [3.63, 3.8) is 0 Å². The van der Waals surface area contributed by atoms with Gasteiger partial charge < -0.3 is 15.4 Å². The standard InChI is InChI=1S/C12H15FN2O2/c1-17-9-2-3-10(11(13)6-9)12(16)15-8-4-5-14-7-8/h2-3,6,8,14H,4-5,7H2,1H3,(H,15,16). The average molecular weight is 238 g/mol. The molecule has 0 radical (unpaired) electrons. The lowest BCUT2D eigenvalue weighted by Crippen LogP contribution is -2.36. The molecular formula is C12H15FN2O2. The van der Waals surface area contributed by atoms with E-state index in [9.17, 15) is 9.18 Å². The van der Waals surface area contributed by atoms with Gasteiger partial charge in [0, 0.05) is 18.7 Å². The first-order chi connectivity index (χ1) is 8.20. The SMILES string of the molecule is COc1ccc(C(=O)NC2CCNC2)c(F)c1. The molecule has 1 heterocycles. The molecule has 2 N–H and O–H groups in total. The Morgan fingerprint density at radius 2 is 2.41 bits per heavy atom. The van der Waals surface area contributed by atoms with Crippen LogP contribution in [-0.4, -0.2) is 32.1 Å². The zero-order valence-electron chi connectivity index (χ0n) is 9.63. The fourth-order valence-corrected chi connectivity index (χ4v) is 1.85. The Labute approximate surface area is 99.2 Å². The summed E-state index contributed by atoms with van der Waals surface area (Å²) in [6, 6.07) is 4.31. The molecule has 1 saturated heterocycles. The van der Waals surface area contributed by atoms with Crippen molar-refractivity contribution in [1.29, 1.82) is 0 Å². The fraction of sp³-hybridized carbons (Fsp3) is 0.417. The van der Waals surface area contributed by atoms with Crippen LogP contribution in [0, 0.1) is 5.82 Å². The van der Waals surface area contributed by atoms with Gasteiger partial charge in [0.1, 0.15) is 11.6 Å². The van der Waals surface area contributed by atoms with E-state index in [2.05, 4.69) is 10.6 Å². The number of carbonyl (C=O) groups excluding carboxylic acids is 1. The van der Waals surface area contributed by atoms with Crippen molar-refractivity contribution in [2.75, 3.05) is 20.2 Å². The highest BCUT2D eigenvalue weighted by atomic mass is 19.1. The highest BCUT2D eigenvalue weighted by molar-refractivity contribution is 5.94. The van der Waals surface area contributed by atoms with Gasteiger partial charge in [-0.25, -0.2) is 4.39 Å². The van der Waals surface area contributed by atoms with Crippen LogP contribution in [0.2, 0.25) is 0 Å². The molecule has 1 aliphatic heterocycles. The van der Waals surface area contributed by atoms with Gasteiger partial charge >= 0.3 is 0 Å². The highest BCUT2D eigenvalue weighted by Crippen LogP contribution is 2.16. The maximum Gasteiger partial charge on any atom is 0.254 e. The maximum atomic E-state index is 13.6. The maximum absolute atomic E-state index is 13.6. The minimum atomic E-state index is -0.562. The van der Waals surface area contributed by atoms with E-state index in [1.807, 2.05) is 0 Å². The molecule has 92 valence electrons. The summed E-state index contributed by atoms with van der Waals surface area (Å²) < 4.78 is 18.5. The summed E-state index contributed by atoms with van der Waals surface area (Å²) in [7, 11) is 1.46. The second-order valence-electron chi connectivity index (χ2n) is 4.01. The molecule has 0 bridgehead atoms. The highest BCUT2D eigenvalue weighted by Gasteiger charge is 2.19. The molecule has 1 aromatic rings. The molecule has 1 aliphatic rings. The molecule has 17 heavy (non-hydrogen) atoms. The van der Waals surface area contributed by atoms with E-state index in [4.69, 9.17) is 4.74 Å². The zero-order chi connectivity index (χ0) is 12.3. The molecule has 0 aliphatic carbocycles. The number of halogens is 1. The third-order valence-electron chi connectivity index (χ3n) is 2.82. The Hall–Kier alpha value is -1.62. The van der Waals surface area contributed by atoms with Crippen molar-refractivity contribution in [3.05, 3.63) is 29.6 Å². The Balaban J connectivity index is 2.07. The van der Waals surface area contributed by atoms with Gasteiger partial charge in [-0.2, -0.15) is 0 Å². The van der Waals surface area contributed by atoms with E-state index in [0.717, 1.165) is 19.5 Å². The Morgan fingerprint density at radius 3 is 3.00 bits per heavy atom. The molecular weight excluding hydrogens is 223 g/mol. The number of hydrogen-bond donors (Lipinski definition) is 2. The van der Waals surface area contributed by atoms with Crippen molar-refractivity contribution >= 4 is 5.91 Å². The topological polar surface area (TPSA) is 50.4 Å². The molecule has 4 nitrogen and oxygen atoms in total. The van der Waals surface area contributed by atoms with Crippen LogP contribution < -0.4 is 15.4 Å². The summed E-state index contributed by atoms with van der Waals surface area (Å²) in [5.41, 5.74) is 0.0534. The number of methoxy groups -OCH3 is 1. The quantitative estimate of drug-likeness (QED) is 0.823. The molecule has 0 spiro atoms. The number of benzene rings is 1. The number of carbonyl (C=O) groups is 1. The molecule has 1 aromatic carbocycles. The molecule has 0 aromatic heterocycles. The largest absolute Gasteiger partial charge is 0.497 e. The lowest BCUT2D eigenvalue weighted by atomic mass is 10.1. The molecule has 1 fully saturated rings. The number of hydrogen-bond acceptors (Lipinski definition) is 3. The van der Waals surface area contributed by atoms with Crippen LogP contribution in [0.5, 0.6) is 5.75 Å². The molecule has 1 atom stereocenters. The summed E-state index contributed by atoms with van der Waals surface area (Å²) in [5.74, 6) is -0.534. The summed E-state index contributed by atoms with van der Waals surface area (Å²) >= 11 is 0. The predicted octanol–water partition coefficient (Wildman–Crippen LogP) is 0.926. The van der Waals surface area contributed by atoms with E-state index in [1.54, 1.807) is 6.07 Å². The van der Waals surface area contributed by atoms with Crippen LogP contribution in [0.1, 0.15) is 16.8 Å². The van der Waals surface area contributed by atoms with Gasteiger partial charge in [-0.15, -0.1) is 0 Å². The molecule has 1 unspecified atom stereocenters. The first-order valence-electron chi connectivity index (χ1n) is 5.56. The zero-order valence-corrected chi connectivity index (χ0v) is 9.63. The van der Waals surface area contributed by atoms with Crippen molar-refractivity contribution in [1.82, 2.24) is 10.6 Å². The van der Waals surface area contributed by atoms with Crippen LogP contribution in [0.4, 0.5) is 4.39 Å². The molecule has 5 heteroatoms. The first-order valence-corrected chi connectivity index (χ1v) is 5.56. The second kappa shape index (κ2) is 5.14. The normalized spacial score (nSPS) is 19.1. The van der Waals surface area contributed by atoms with E-state index in [0.29, 0.717) is 5.75 Å². The van der Waals surface area contributed by atoms with Crippen LogP contribution in [0.3, 0.4) is 0 Å². The van der Waals surface area contributed by atoms with Gasteiger partial charge in [0.05, 0.1) is 12.7 Å². The third kappa shape index (κ3) is 2.74. The molecule has 1 amide bonds. The predicted molar refractivity (Wildman–Crippen MR) is 61.7 cm³/mol. The summed E-state index contributed by atoms with van der Waals surface area (Å²) in [4.78, 5) is 11.8. The Kier molecular flexibility index (Phi) is 3.58. The van der Waals surface area contributed by atoms with Gasteiger partial charge in [0.15, 0.2) is 0 Å². The van der Waals surface area contributed by atoms with Crippen LogP contribution in [0.25, 0.3) is 0 Å². The minimum absolute atomic E-state index is 0.0534. The minimum Gasteiger partial charge on any atom is -0.497 e. The average Bonchev–Trinajstić information content (AvgIpc) is 2.81. The van der Waals surface area contributed by atoms with Gasteiger partial charge in [0.25, 0.3) is 5.91 Å². The van der Waals surface area contributed by atoms with E-state index in [1.165, 1.54) is 19.2 Å². The lowest BCUT2D eigenvalue weighted by molar-refractivity contribution is 0.0936. The Morgan fingerprint density at radius 1 is 1.59 bits per heavy atom. The summed E-state index contributed by atoms with van der Waals surface area (Å²) in [5, 5.41) is 5.92. The van der Waals surface area contributed by atoms with Gasteiger partial charge in [-0.3, -0.25) is 4.79 Å². The van der Waals surface area contributed by atoms with Crippen LogP contribution in [0.15, 0.2) is 18.2 Å². The van der Waals surface area contributed by atoms with Gasteiger partial charge in [0.2, 0.25) is 0 Å². The van der Waals surface area contributed by atoms with Crippen molar-refractivity contribution in [2.45, 2.75) is 12.5 Å². The van der Waals surface area contributed by atoms with Crippen molar-refractivity contribution in [3.8, 4) is 5.75 Å². The first kappa shape index (κ1) is 11.9. The second-order valence-corrected chi connectivity index (χ2v) is 4.01. The number of rotatable bonds is 3. The third-order valence-corrected chi connectivity index (χ3v) is 2.82. The van der Waals surface area contributed by atoms with Crippen molar-refractivity contribution in [2.24, 2.45) is 0 Å². The van der Waals surface area contributed by atoms with Crippen molar-refractivity contribution < 1.29 is 13.9 Å². The monoisotopic (exact) mass is 238 g/mol. The van der Waals surface area contributed by atoms with Gasteiger partial charge in [-0.05, 0) is 25.1 Å². The summed E-state index contributed by atoms with van der Waals surface area (Å²) in [6.45, 7) is 1.62. The smallest absolute Gasteiger partial charge is 0.254 e. The van der Waals surface area contributed by atoms with Crippen LogP contribution >= 0.6 is 0 Å². The molecule has 2 rings (SSSR count). The van der Waals surface area contributed by atoms with Crippen LogP contribution in [-0.2, 0) is 0 Å². The van der Waals surface area contributed by atoms with Gasteiger partial charge in [-0.1, -0.05) is 0 Å². The number of amides is 1. The van der Waals surface area contributed by atoms with E-state index >= 15 is 0 Å². The fourth-order valence-electron chi connectivity index (χ4n) is 1.85. The number of ether oxygens (including phenoxy) is 1. The van der Waals surface area contributed by atoms with E-state index < -0.39 is 5.82 Å².